The lowest BCUT2D eigenvalue weighted by molar-refractivity contribution is 0.142. The summed E-state index contributed by atoms with van der Waals surface area (Å²) in [6, 6.07) is 0.149. The first-order valence-corrected chi connectivity index (χ1v) is 4.19. The van der Waals surface area contributed by atoms with Crippen LogP contribution in [-0.2, 0) is 4.74 Å². The van der Waals surface area contributed by atoms with Gasteiger partial charge in [0.15, 0.2) is 0 Å². The van der Waals surface area contributed by atoms with Gasteiger partial charge in [-0.15, -0.1) is 11.6 Å². The summed E-state index contributed by atoms with van der Waals surface area (Å²) in [6.45, 7) is 0. The molecule has 0 saturated heterocycles. The molecule has 0 aromatic rings. The van der Waals surface area contributed by atoms with Crippen molar-refractivity contribution in [2.24, 2.45) is 0 Å². The largest absolute Gasteiger partial charge is 0.347 e. The molecule has 0 heterocycles. The van der Waals surface area contributed by atoms with E-state index >= 15 is 0 Å². The molecular formula is C5H9Cl3O. The van der Waals surface area contributed by atoms with Crippen LogP contribution in [0.2, 0.25) is 0 Å². The van der Waals surface area contributed by atoms with Crippen molar-refractivity contribution in [3.05, 3.63) is 0 Å². The van der Waals surface area contributed by atoms with Crippen LogP contribution in [0.4, 0.5) is 0 Å². The van der Waals surface area contributed by atoms with Crippen molar-refractivity contribution in [1.82, 2.24) is 0 Å². The molecule has 0 fully saturated rings. The molecule has 0 saturated carbocycles. The Labute approximate surface area is 70.2 Å². The molecule has 1 atom stereocenters. The number of rotatable bonds is 5. The molecule has 0 N–H and O–H groups in total. The molecule has 0 aliphatic carbocycles. The second-order valence-electron chi connectivity index (χ2n) is 1.52. The van der Waals surface area contributed by atoms with Crippen molar-refractivity contribution < 1.29 is 4.74 Å². The predicted molar refractivity (Wildman–Crippen MR) is 41.4 cm³/mol. The SMILES string of the molecule is ClCCCC(Cl)OCCl. The van der Waals surface area contributed by atoms with Gasteiger partial charge in [0.05, 0.1) is 0 Å². The molecule has 4 heteroatoms. The van der Waals surface area contributed by atoms with Gasteiger partial charge in [-0.25, -0.2) is 0 Å². The number of ether oxygens (including phenoxy) is 1. The Hall–Kier alpha value is 0.830. The summed E-state index contributed by atoms with van der Waals surface area (Å²) in [5.74, 6) is 0.620. The van der Waals surface area contributed by atoms with Crippen molar-refractivity contribution in [3.8, 4) is 0 Å². The third-order valence-electron chi connectivity index (χ3n) is 0.809. The molecule has 0 bridgehead atoms. The highest BCUT2D eigenvalue weighted by molar-refractivity contribution is 6.21. The van der Waals surface area contributed by atoms with E-state index in [0.717, 1.165) is 12.8 Å². The molecule has 56 valence electrons. The Bertz CT molecular complexity index is 60.2. The number of hydrogen-bond acceptors (Lipinski definition) is 1. The number of halogens is 3. The zero-order chi connectivity index (χ0) is 7.11. The van der Waals surface area contributed by atoms with Crippen LogP contribution in [-0.4, -0.2) is 17.5 Å². The molecule has 1 unspecified atom stereocenters. The topological polar surface area (TPSA) is 9.23 Å². The molecule has 0 aromatic carbocycles. The fourth-order valence-electron chi connectivity index (χ4n) is 0.389. The molecule has 0 radical (unpaired) electrons. The maximum atomic E-state index is 5.59. The van der Waals surface area contributed by atoms with Gasteiger partial charge in [0, 0.05) is 5.88 Å². The van der Waals surface area contributed by atoms with E-state index in [-0.39, 0.29) is 11.6 Å². The second kappa shape index (κ2) is 6.94. The van der Waals surface area contributed by atoms with E-state index in [1.54, 1.807) is 0 Å². The average Bonchev–Trinajstić information content (AvgIpc) is 1.85. The summed E-state index contributed by atoms with van der Waals surface area (Å²) >= 11 is 16.2. The smallest absolute Gasteiger partial charge is 0.132 e. The van der Waals surface area contributed by atoms with Crippen LogP contribution in [0.25, 0.3) is 0 Å². The lowest BCUT2D eigenvalue weighted by Gasteiger charge is -2.05. The minimum absolute atomic E-state index is 0.149. The monoisotopic (exact) mass is 190 g/mol. The quantitative estimate of drug-likeness (QED) is 0.607. The van der Waals surface area contributed by atoms with Crippen LogP contribution >= 0.6 is 34.8 Å². The first-order chi connectivity index (χ1) is 4.31. The fourth-order valence-corrected chi connectivity index (χ4v) is 0.977. The van der Waals surface area contributed by atoms with E-state index in [0.29, 0.717) is 5.88 Å². The highest BCUT2D eigenvalue weighted by atomic mass is 35.5. The van der Waals surface area contributed by atoms with Gasteiger partial charge < -0.3 is 4.74 Å². The van der Waals surface area contributed by atoms with E-state index in [9.17, 15) is 0 Å². The third kappa shape index (κ3) is 6.72. The Balaban J connectivity index is 2.95. The van der Waals surface area contributed by atoms with Crippen LogP contribution in [0.5, 0.6) is 0 Å². The molecule has 0 rings (SSSR count). The average molecular weight is 191 g/mol. The van der Waals surface area contributed by atoms with Crippen LogP contribution < -0.4 is 0 Å². The minimum Gasteiger partial charge on any atom is -0.347 e. The van der Waals surface area contributed by atoms with Gasteiger partial charge in [0.2, 0.25) is 0 Å². The molecule has 0 aliphatic rings. The Morgan fingerprint density at radius 2 is 2.00 bits per heavy atom. The molecule has 9 heavy (non-hydrogen) atoms. The molecule has 1 nitrogen and oxygen atoms in total. The first kappa shape index (κ1) is 9.83. The lowest BCUT2D eigenvalue weighted by atomic mass is 10.4. The van der Waals surface area contributed by atoms with Gasteiger partial charge in [-0.2, -0.15) is 0 Å². The highest BCUT2D eigenvalue weighted by Crippen LogP contribution is 2.07. The molecular weight excluding hydrogens is 182 g/mol. The third-order valence-corrected chi connectivity index (χ3v) is 1.55. The van der Waals surface area contributed by atoms with Crippen molar-refractivity contribution in [2.75, 3.05) is 11.9 Å². The Morgan fingerprint density at radius 3 is 2.44 bits per heavy atom. The van der Waals surface area contributed by atoms with E-state index in [4.69, 9.17) is 39.5 Å². The highest BCUT2D eigenvalue weighted by Gasteiger charge is 2.01. The van der Waals surface area contributed by atoms with E-state index in [2.05, 4.69) is 0 Å². The van der Waals surface area contributed by atoms with Gasteiger partial charge in [-0.05, 0) is 12.8 Å². The van der Waals surface area contributed by atoms with Crippen molar-refractivity contribution in [1.29, 1.82) is 0 Å². The minimum atomic E-state index is -0.277. The van der Waals surface area contributed by atoms with Crippen molar-refractivity contribution in [3.63, 3.8) is 0 Å². The second-order valence-corrected chi connectivity index (χ2v) is 2.60. The summed E-state index contributed by atoms with van der Waals surface area (Å²) in [4.78, 5) is 0. The summed E-state index contributed by atoms with van der Waals surface area (Å²) in [7, 11) is 0. The zero-order valence-electron chi connectivity index (χ0n) is 4.95. The van der Waals surface area contributed by atoms with Gasteiger partial charge >= 0.3 is 0 Å². The molecule has 0 aliphatic heterocycles. The van der Waals surface area contributed by atoms with E-state index < -0.39 is 0 Å². The maximum absolute atomic E-state index is 5.59. The van der Waals surface area contributed by atoms with Gasteiger partial charge in [-0.3, -0.25) is 0 Å². The van der Waals surface area contributed by atoms with Crippen LogP contribution in [0.3, 0.4) is 0 Å². The summed E-state index contributed by atoms with van der Waals surface area (Å²) in [5, 5.41) is 0. The fraction of sp³-hybridized carbons (Fsp3) is 1.00. The predicted octanol–water partition coefficient (Wildman–Crippen LogP) is 2.78. The summed E-state index contributed by atoms with van der Waals surface area (Å²) in [5.41, 5.74) is -0.277. The van der Waals surface area contributed by atoms with Gasteiger partial charge in [0.25, 0.3) is 0 Å². The van der Waals surface area contributed by atoms with Crippen LogP contribution in [0.1, 0.15) is 12.8 Å². The number of hydrogen-bond donors (Lipinski definition) is 0. The lowest BCUT2D eigenvalue weighted by Crippen LogP contribution is -2.03. The first-order valence-electron chi connectivity index (χ1n) is 2.69. The summed E-state index contributed by atoms with van der Waals surface area (Å²) < 4.78 is 4.82. The van der Waals surface area contributed by atoms with Crippen molar-refractivity contribution in [2.45, 2.75) is 18.4 Å². The molecule has 0 spiro atoms. The van der Waals surface area contributed by atoms with Crippen molar-refractivity contribution >= 4 is 34.8 Å². The standard InChI is InChI=1S/C5H9Cl3O/c6-3-1-2-5(8)9-4-7/h5H,1-4H2. The normalized spacial score (nSPS) is 13.7. The van der Waals surface area contributed by atoms with Gasteiger partial charge in [-0.1, -0.05) is 23.2 Å². The van der Waals surface area contributed by atoms with E-state index in [1.807, 2.05) is 0 Å². The van der Waals surface area contributed by atoms with Gasteiger partial charge in [0.1, 0.15) is 11.6 Å². The van der Waals surface area contributed by atoms with Crippen LogP contribution in [0, 0.1) is 0 Å². The molecule has 0 amide bonds. The Morgan fingerprint density at radius 1 is 1.33 bits per heavy atom. The van der Waals surface area contributed by atoms with E-state index in [1.165, 1.54) is 0 Å². The molecule has 0 aromatic heterocycles. The summed E-state index contributed by atoms with van der Waals surface area (Å²) in [6.07, 6.45) is 1.63. The zero-order valence-corrected chi connectivity index (χ0v) is 7.22. The number of alkyl halides is 3. The Kier molecular flexibility index (Phi) is 7.58. The maximum Gasteiger partial charge on any atom is 0.132 e. The van der Waals surface area contributed by atoms with Crippen LogP contribution in [0.15, 0.2) is 0 Å².